The minimum atomic E-state index is -0.534. The Kier molecular flexibility index (Phi) is 5.29. The SMILES string of the molecule is COc1cccc(C(=O)Oc2ccc3c(c2C)O/C(=C\c2ccccc2Cl)C3=O)c1. The summed E-state index contributed by atoms with van der Waals surface area (Å²) in [6, 6.07) is 17.0. The molecule has 0 N–H and O–H groups in total. The molecule has 4 rings (SSSR count). The van der Waals surface area contributed by atoms with E-state index in [4.69, 9.17) is 25.8 Å². The summed E-state index contributed by atoms with van der Waals surface area (Å²) >= 11 is 6.18. The number of benzene rings is 3. The van der Waals surface area contributed by atoms with E-state index < -0.39 is 5.97 Å². The molecule has 0 aromatic heterocycles. The number of Topliss-reactive ketones (excluding diaryl/α,β-unsaturated/α-hetero) is 1. The maximum absolute atomic E-state index is 12.7. The summed E-state index contributed by atoms with van der Waals surface area (Å²) in [5.74, 6) is 0.616. The topological polar surface area (TPSA) is 61.8 Å². The summed E-state index contributed by atoms with van der Waals surface area (Å²) in [5, 5.41) is 0.516. The zero-order valence-electron chi connectivity index (χ0n) is 16.3. The second-order valence-corrected chi connectivity index (χ2v) is 7.06. The number of hydrogen-bond acceptors (Lipinski definition) is 5. The fourth-order valence-electron chi connectivity index (χ4n) is 3.12. The Labute approximate surface area is 178 Å². The minimum absolute atomic E-state index is 0.164. The number of fused-ring (bicyclic) bond motifs is 1. The first-order valence-electron chi connectivity index (χ1n) is 9.16. The van der Waals surface area contributed by atoms with Gasteiger partial charge in [0.15, 0.2) is 5.76 Å². The molecule has 0 bridgehead atoms. The molecule has 0 unspecified atom stereocenters. The van der Waals surface area contributed by atoms with Gasteiger partial charge in [-0.1, -0.05) is 35.9 Å². The lowest BCUT2D eigenvalue weighted by Crippen LogP contribution is -2.09. The lowest BCUT2D eigenvalue weighted by atomic mass is 10.1. The van der Waals surface area contributed by atoms with E-state index >= 15 is 0 Å². The molecule has 0 spiro atoms. The molecule has 0 radical (unpaired) electrons. The van der Waals surface area contributed by atoms with Crippen molar-refractivity contribution < 1.29 is 23.8 Å². The largest absolute Gasteiger partial charge is 0.497 e. The molecule has 0 saturated heterocycles. The van der Waals surface area contributed by atoms with Gasteiger partial charge in [0.25, 0.3) is 0 Å². The Morgan fingerprint density at radius 2 is 1.87 bits per heavy atom. The number of ether oxygens (including phenoxy) is 3. The third-order valence-electron chi connectivity index (χ3n) is 4.74. The summed E-state index contributed by atoms with van der Waals surface area (Å²) in [7, 11) is 1.52. The van der Waals surface area contributed by atoms with E-state index in [1.165, 1.54) is 7.11 Å². The van der Waals surface area contributed by atoms with E-state index in [1.54, 1.807) is 61.5 Å². The number of carbonyl (C=O) groups excluding carboxylic acids is 2. The number of methoxy groups -OCH3 is 1. The lowest BCUT2D eigenvalue weighted by Gasteiger charge is -2.10. The van der Waals surface area contributed by atoms with Crippen LogP contribution in [0.4, 0.5) is 0 Å². The van der Waals surface area contributed by atoms with Crippen molar-refractivity contribution >= 4 is 29.4 Å². The van der Waals surface area contributed by atoms with Gasteiger partial charge in [-0.25, -0.2) is 4.79 Å². The van der Waals surface area contributed by atoms with E-state index in [0.29, 0.717) is 44.5 Å². The summed E-state index contributed by atoms with van der Waals surface area (Å²) in [5.41, 5.74) is 2.00. The van der Waals surface area contributed by atoms with Crippen LogP contribution in [0, 0.1) is 6.92 Å². The smallest absolute Gasteiger partial charge is 0.343 e. The molecule has 0 atom stereocenters. The molecule has 1 heterocycles. The van der Waals surface area contributed by atoms with Crippen molar-refractivity contribution in [2.75, 3.05) is 7.11 Å². The Morgan fingerprint density at radius 3 is 2.63 bits per heavy atom. The van der Waals surface area contributed by atoms with Gasteiger partial charge in [-0.15, -0.1) is 0 Å². The average Bonchev–Trinajstić information content (AvgIpc) is 3.08. The first-order valence-corrected chi connectivity index (χ1v) is 9.54. The van der Waals surface area contributed by atoms with Gasteiger partial charge in [-0.05, 0) is 55.0 Å². The quantitative estimate of drug-likeness (QED) is 0.317. The highest BCUT2D eigenvalue weighted by molar-refractivity contribution is 6.32. The first-order chi connectivity index (χ1) is 14.5. The normalized spacial score (nSPS) is 13.7. The number of carbonyl (C=O) groups is 2. The molecule has 1 aliphatic rings. The molecule has 1 aliphatic heterocycles. The van der Waals surface area contributed by atoms with Crippen LogP contribution in [-0.2, 0) is 0 Å². The predicted molar refractivity (Wildman–Crippen MR) is 114 cm³/mol. The standard InChI is InChI=1S/C24H17ClO5/c1-14-20(30-24(27)16-7-5-8-17(12-16)28-2)11-10-18-22(26)21(29-23(14)18)13-15-6-3-4-9-19(15)25/h3-13H,1-2H3/b21-13-. The Bertz CT molecular complexity index is 1200. The highest BCUT2D eigenvalue weighted by Crippen LogP contribution is 2.39. The van der Waals surface area contributed by atoms with Gasteiger partial charge in [0.05, 0.1) is 18.2 Å². The molecule has 30 heavy (non-hydrogen) atoms. The average molecular weight is 421 g/mol. The van der Waals surface area contributed by atoms with Gasteiger partial charge in [-0.3, -0.25) is 4.79 Å². The van der Waals surface area contributed by atoms with Crippen molar-refractivity contribution in [3.63, 3.8) is 0 Å². The van der Waals surface area contributed by atoms with E-state index in [-0.39, 0.29) is 11.5 Å². The highest BCUT2D eigenvalue weighted by atomic mass is 35.5. The highest BCUT2D eigenvalue weighted by Gasteiger charge is 2.30. The zero-order valence-corrected chi connectivity index (χ0v) is 17.0. The molecular formula is C24H17ClO5. The number of halogens is 1. The van der Waals surface area contributed by atoms with E-state index in [9.17, 15) is 9.59 Å². The molecule has 3 aromatic carbocycles. The Morgan fingerprint density at radius 1 is 1.07 bits per heavy atom. The second kappa shape index (κ2) is 8.05. The number of esters is 1. The van der Waals surface area contributed by atoms with Gasteiger partial charge < -0.3 is 14.2 Å². The van der Waals surface area contributed by atoms with Crippen LogP contribution in [-0.4, -0.2) is 18.9 Å². The molecular weight excluding hydrogens is 404 g/mol. The van der Waals surface area contributed by atoms with E-state index in [1.807, 2.05) is 12.1 Å². The van der Waals surface area contributed by atoms with Crippen molar-refractivity contribution in [2.24, 2.45) is 0 Å². The summed E-state index contributed by atoms with van der Waals surface area (Å²) in [4.78, 5) is 25.3. The van der Waals surface area contributed by atoms with Crippen molar-refractivity contribution in [1.29, 1.82) is 0 Å². The summed E-state index contributed by atoms with van der Waals surface area (Å²) < 4.78 is 16.5. The second-order valence-electron chi connectivity index (χ2n) is 6.65. The minimum Gasteiger partial charge on any atom is -0.497 e. The summed E-state index contributed by atoms with van der Waals surface area (Å²) in [6.45, 7) is 1.73. The number of hydrogen-bond donors (Lipinski definition) is 0. The van der Waals surface area contributed by atoms with Gasteiger partial charge >= 0.3 is 5.97 Å². The molecule has 5 nitrogen and oxygen atoms in total. The molecule has 3 aromatic rings. The van der Waals surface area contributed by atoms with Gasteiger partial charge in [0, 0.05) is 10.6 Å². The van der Waals surface area contributed by atoms with Crippen LogP contribution in [0.3, 0.4) is 0 Å². The van der Waals surface area contributed by atoms with Crippen LogP contribution in [0.1, 0.15) is 31.8 Å². The van der Waals surface area contributed by atoms with Crippen LogP contribution in [0.5, 0.6) is 17.2 Å². The maximum Gasteiger partial charge on any atom is 0.343 e. The molecule has 0 saturated carbocycles. The van der Waals surface area contributed by atoms with Crippen LogP contribution < -0.4 is 14.2 Å². The van der Waals surface area contributed by atoms with Crippen molar-refractivity contribution in [2.45, 2.75) is 6.92 Å². The number of ketones is 1. The van der Waals surface area contributed by atoms with Gasteiger partial charge in [0.2, 0.25) is 5.78 Å². The van der Waals surface area contributed by atoms with Gasteiger partial charge in [0.1, 0.15) is 17.2 Å². The third kappa shape index (κ3) is 3.67. The fourth-order valence-corrected chi connectivity index (χ4v) is 3.31. The maximum atomic E-state index is 12.7. The zero-order chi connectivity index (χ0) is 21.3. The van der Waals surface area contributed by atoms with Crippen LogP contribution >= 0.6 is 11.6 Å². The predicted octanol–water partition coefficient (Wildman–Crippen LogP) is 5.49. The van der Waals surface area contributed by atoms with Crippen LogP contribution in [0.25, 0.3) is 6.08 Å². The molecule has 0 aliphatic carbocycles. The van der Waals surface area contributed by atoms with Gasteiger partial charge in [-0.2, -0.15) is 0 Å². The van der Waals surface area contributed by atoms with E-state index in [0.717, 1.165) is 0 Å². The molecule has 0 amide bonds. The van der Waals surface area contributed by atoms with Crippen molar-refractivity contribution in [3.05, 3.63) is 93.7 Å². The fraction of sp³-hybridized carbons (Fsp3) is 0.0833. The summed E-state index contributed by atoms with van der Waals surface area (Å²) in [6.07, 6.45) is 1.60. The Balaban J connectivity index is 1.62. The third-order valence-corrected chi connectivity index (χ3v) is 5.08. The monoisotopic (exact) mass is 420 g/mol. The number of allylic oxidation sites excluding steroid dienone is 1. The van der Waals surface area contributed by atoms with Crippen LogP contribution in [0.2, 0.25) is 5.02 Å². The molecule has 0 fully saturated rings. The Hall–Kier alpha value is -3.57. The molecule has 150 valence electrons. The van der Waals surface area contributed by atoms with Crippen molar-refractivity contribution in [3.8, 4) is 17.2 Å². The van der Waals surface area contributed by atoms with Crippen molar-refractivity contribution in [1.82, 2.24) is 0 Å². The van der Waals surface area contributed by atoms with E-state index in [2.05, 4.69) is 0 Å². The molecule has 6 heteroatoms. The first kappa shape index (κ1) is 19.7. The van der Waals surface area contributed by atoms with Crippen LogP contribution in [0.15, 0.2) is 66.4 Å². The number of rotatable bonds is 4. The lowest BCUT2D eigenvalue weighted by molar-refractivity contribution is 0.0732.